The molecular weight excluding hydrogens is 312 g/mol. The highest BCUT2D eigenvalue weighted by Crippen LogP contribution is 2.12. The van der Waals surface area contributed by atoms with E-state index >= 15 is 0 Å². The zero-order valence-corrected chi connectivity index (χ0v) is 14.4. The average molecular weight is 334 g/mol. The van der Waals surface area contributed by atoms with Gasteiger partial charge in [-0.05, 0) is 32.9 Å². The second kappa shape index (κ2) is 7.41. The molecule has 124 valence electrons. The van der Waals surface area contributed by atoms with Gasteiger partial charge in [-0.25, -0.2) is 9.48 Å². The van der Waals surface area contributed by atoms with Crippen LogP contribution in [-0.4, -0.2) is 37.1 Å². The molecule has 0 radical (unpaired) electrons. The van der Waals surface area contributed by atoms with Crippen molar-refractivity contribution in [2.75, 3.05) is 17.6 Å². The van der Waals surface area contributed by atoms with Gasteiger partial charge in [-0.15, -0.1) is 0 Å². The van der Waals surface area contributed by atoms with Crippen LogP contribution in [-0.2, 0) is 10.8 Å². The monoisotopic (exact) mass is 334 g/mol. The third-order valence-corrected chi connectivity index (χ3v) is 5.06. The molecule has 1 atom stereocenters. The summed E-state index contributed by atoms with van der Waals surface area (Å²) in [5, 5.41) is 9.62. The predicted molar refractivity (Wildman–Crippen MR) is 93.3 cm³/mol. The first-order valence-corrected chi connectivity index (χ1v) is 8.71. The molecule has 0 aliphatic rings. The number of nitrogens with one attached hydrogen (secondary N) is 2. The van der Waals surface area contributed by atoms with Gasteiger partial charge in [0.15, 0.2) is 0 Å². The maximum Gasteiger partial charge on any atom is 0.319 e. The molecule has 0 bridgehead atoms. The van der Waals surface area contributed by atoms with Crippen LogP contribution in [0.5, 0.6) is 0 Å². The lowest BCUT2D eigenvalue weighted by atomic mass is 10.3. The van der Waals surface area contributed by atoms with Gasteiger partial charge >= 0.3 is 6.03 Å². The number of hydrogen-bond donors (Lipinski definition) is 2. The molecule has 0 aliphatic heterocycles. The SMILES string of the molecule is CC(C)(C)[S@@](=O)CCNC(=O)Nc1cnn(-c2ccccc2)c1. The Morgan fingerprint density at radius 1 is 1.26 bits per heavy atom. The molecule has 2 aromatic rings. The number of para-hydroxylation sites is 1. The van der Waals surface area contributed by atoms with Crippen LogP contribution >= 0.6 is 0 Å². The highest BCUT2D eigenvalue weighted by atomic mass is 32.2. The van der Waals surface area contributed by atoms with Crippen molar-refractivity contribution in [2.24, 2.45) is 0 Å². The van der Waals surface area contributed by atoms with Crippen LogP contribution in [0.15, 0.2) is 42.7 Å². The molecule has 0 fully saturated rings. The zero-order chi connectivity index (χ0) is 16.9. The lowest BCUT2D eigenvalue weighted by Gasteiger charge is -2.17. The van der Waals surface area contributed by atoms with Crippen molar-refractivity contribution in [3.63, 3.8) is 0 Å². The van der Waals surface area contributed by atoms with E-state index in [2.05, 4.69) is 15.7 Å². The van der Waals surface area contributed by atoms with Crippen LogP contribution < -0.4 is 10.6 Å². The summed E-state index contributed by atoms with van der Waals surface area (Å²) < 4.78 is 13.3. The van der Waals surface area contributed by atoms with Crippen molar-refractivity contribution in [1.29, 1.82) is 0 Å². The number of nitrogens with zero attached hydrogens (tertiary/aromatic N) is 2. The lowest BCUT2D eigenvalue weighted by molar-refractivity contribution is 0.252. The molecule has 0 saturated carbocycles. The molecule has 0 unspecified atom stereocenters. The van der Waals surface area contributed by atoms with E-state index in [-0.39, 0.29) is 10.8 Å². The largest absolute Gasteiger partial charge is 0.337 e. The van der Waals surface area contributed by atoms with Gasteiger partial charge in [-0.2, -0.15) is 5.10 Å². The molecule has 0 aliphatic carbocycles. The van der Waals surface area contributed by atoms with Gasteiger partial charge < -0.3 is 10.6 Å². The molecular formula is C16H22N4O2S. The number of carbonyl (C=O) groups excluding carboxylic acids is 1. The van der Waals surface area contributed by atoms with Crippen LogP contribution in [0.1, 0.15) is 20.8 Å². The molecule has 0 saturated heterocycles. The maximum atomic E-state index is 11.9. The van der Waals surface area contributed by atoms with E-state index < -0.39 is 10.8 Å². The summed E-state index contributed by atoms with van der Waals surface area (Å²) in [7, 11) is -0.980. The minimum absolute atomic E-state index is 0.269. The van der Waals surface area contributed by atoms with Gasteiger partial charge in [0.25, 0.3) is 0 Å². The van der Waals surface area contributed by atoms with Gasteiger partial charge in [0.1, 0.15) is 0 Å². The summed E-state index contributed by atoms with van der Waals surface area (Å²) in [5.74, 6) is 0.431. The van der Waals surface area contributed by atoms with Crippen molar-refractivity contribution in [1.82, 2.24) is 15.1 Å². The van der Waals surface area contributed by atoms with E-state index in [1.165, 1.54) is 0 Å². The van der Waals surface area contributed by atoms with E-state index in [9.17, 15) is 9.00 Å². The molecule has 23 heavy (non-hydrogen) atoms. The Bertz CT molecular complexity index is 677. The highest BCUT2D eigenvalue weighted by molar-refractivity contribution is 7.86. The summed E-state index contributed by atoms with van der Waals surface area (Å²) in [4.78, 5) is 11.8. The maximum absolute atomic E-state index is 11.9. The van der Waals surface area contributed by atoms with Crippen molar-refractivity contribution in [3.05, 3.63) is 42.7 Å². The zero-order valence-electron chi connectivity index (χ0n) is 13.6. The Balaban J connectivity index is 1.82. The summed E-state index contributed by atoms with van der Waals surface area (Å²) in [6.45, 7) is 6.12. The standard InChI is InChI=1S/C16H22N4O2S/c1-16(2,3)23(22)10-9-17-15(21)19-13-11-18-20(12-13)14-7-5-4-6-8-14/h4-8,11-12H,9-10H2,1-3H3,(H2,17,19,21)/t23-/m0/s1. The number of benzene rings is 1. The van der Waals surface area contributed by atoms with E-state index in [1.54, 1.807) is 17.1 Å². The number of carbonyl (C=O) groups is 1. The minimum atomic E-state index is -0.980. The fraction of sp³-hybridized carbons (Fsp3) is 0.375. The van der Waals surface area contributed by atoms with E-state index in [1.807, 2.05) is 51.1 Å². The lowest BCUT2D eigenvalue weighted by Crippen LogP contribution is -2.34. The molecule has 2 amide bonds. The quantitative estimate of drug-likeness (QED) is 0.882. The first kappa shape index (κ1) is 17.2. The van der Waals surface area contributed by atoms with Gasteiger partial charge in [-0.3, -0.25) is 4.21 Å². The Kier molecular flexibility index (Phi) is 5.54. The smallest absolute Gasteiger partial charge is 0.319 e. The molecule has 7 heteroatoms. The topological polar surface area (TPSA) is 76.0 Å². The fourth-order valence-electron chi connectivity index (χ4n) is 1.85. The van der Waals surface area contributed by atoms with Crippen LogP contribution in [0.25, 0.3) is 5.69 Å². The second-order valence-corrected chi connectivity index (χ2v) is 8.38. The predicted octanol–water partition coefficient (Wildman–Crippen LogP) is 2.54. The van der Waals surface area contributed by atoms with Crippen molar-refractivity contribution in [2.45, 2.75) is 25.5 Å². The summed E-state index contributed by atoms with van der Waals surface area (Å²) in [6, 6.07) is 9.31. The summed E-state index contributed by atoms with van der Waals surface area (Å²) in [6.07, 6.45) is 3.32. The number of aromatic nitrogens is 2. The third kappa shape index (κ3) is 5.21. The van der Waals surface area contributed by atoms with Crippen molar-refractivity contribution >= 4 is 22.5 Å². The number of amides is 2. The summed E-state index contributed by atoms with van der Waals surface area (Å²) in [5.41, 5.74) is 1.52. The van der Waals surface area contributed by atoms with Gasteiger partial charge in [0, 0.05) is 27.8 Å². The third-order valence-electron chi connectivity index (χ3n) is 3.12. The van der Waals surface area contributed by atoms with Crippen LogP contribution in [0, 0.1) is 0 Å². The van der Waals surface area contributed by atoms with Crippen LogP contribution in [0.3, 0.4) is 0 Å². The summed E-state index contributed by atoms with van der Waals surface area (Å²) >= 11 is 0. The van der Waals surface area contributed by atoms with Crippen LogP contribution in [0.2, 0.25) is 0 Å². The molecule has 1 aromatic carbocycles. The molecule has 1 aromatic heterocycles. The molecule has 1 heterocycles. The van der Waals surface area contributed by atoms with E-state index in [0.29, 0.717) is 18.0 Å². The second-order valence-electron chi connectivity index (χ2n) is 6.05. The fourth-order valence-corrected chi connectivity index (χ4v) is 2.75. The minimum Gasteiger partial charge on any atom is -0.337 e. The highest BCUT2D eigenvalue weighted by Gasteiger charge is 2.18. The van der Waals surface area contributed by atoms with Crippen molar-refractivity contribution in [3.8, 4) is 5.69 Å². The Labute approximate surface area is 138 Å². The van der Waals surface area contributed by atoms with Crippen LogP contribution in [0.4, 0.5) is 10.5 Å². The Morgan fingerprint density at radius 2 is 1.96 bits per heavy atom. The molecule has 0 spiro atoms. The Morgan fingerprint density at radius 3 is 2.61 bits per heavy atom. The van der Waals surface area contributed by atoms with Gasteiger partial charge in [0.2, 0.25) is 0 Å². The number of hydrogen-bond acceptors (Lipinski definition) is 3. The normalized spacial score (nSPS) is 12.7. The number of urea groups is 1. The van der Waals surface area contributed by atoms with Crippen molar-refractivity contribution < 1.29 is 9.00 Å². The van der Waals surface area contributed by atoms with Gasteiger partial charge in [0.05, 0.1) is 23.8 Å². The first-order valence-electron chi connectivity index (χ1n) is 7.40. The number of rotatable bonds is 5. The number of anilines is 1. The van der Waals surface area contributed by atoms with E-state index in [0.717, 1.165) is 5.69 Å². The first-order chi connectivity index (χ1) is 10.9. The molecule has 2 N–H and O–H groups in total. The molecule has 6 nitrogen and oxygen atoms in total. The van der Waals surface area contributed by atoms with E-state index in [4.69, 9.17) is 0 Å². The average Bonchev–Trinajstić information content (AvgIpc) is 2.95. The van der Waals surface area contributed by atoms with Gasteiger partial charge in [-0.1, -0.05) is 18.2 Å². The Hall–Kier alpha value is -2.15. The molecule has 2 rings (SSSR count).